The first-order valence-electron chi connectivity index (χ1n) is 9.19. The maximum absolute atomic E-state index is 12.8. The molecule has 2 heterocycles. The van der Waals surface area contributed by atoms with E-state index in [9.17, 15) is 14.4 Å². The molecular weight excluding hydrogens is 342 g/mol. The highest BCUT2D eigenvalue weighted by atomic mass is 16.2. The number of benzene rings is 2. The summed E-state index contributed by atoms with van der Waals surface area (Å²) in [5.74, 6) is -1.23. The smallest absolute Gasteiger partial charge is 0.262 e. The summed E-state index contributed by atoms with van der Waals surface area (Å²) in [4.78, 5) is 41.3. The Balaban J connectivity index is 1.55. The van der Waals surface area contributed by atoms with Crippen molar-refractivity contribution in [3.63, 3.8) is 0 Å². The highest BCUT2D eigenvalue weighted by molar-refractivity contribution is 6.23. The molecule has 1 fully saturated rings. The molecule has 1 atom stereocenters. The van der Waals surface area contributed by atoms with Gasteiger partial charge in [0.15, 0.2) is 0 Å². The van der Waals surface area contributed by atoms with Crippen molar-refractivity contribution in [2.24, 2.45) is 0 Å². The molecule has 0 bridgehead atoms. The number of hydrogen-bond donors (Lipinski definition) is 1. The van der Waals surface area contributed by atoms with Crippen LogP contribution in [0.4, 0.5) is 11.4 Å². The van der Waals surface area contributed by atoms with Crippen LogP contribution in [0.15, 0.2) is 48.5 Å². The highest BCUT2D eigenvalue weighted by Gasteiger charge is 2.40. The van der Waals surface area contributed by atoms with Crippen molar-refractivity contribution >= 4 is 29.1 Å². The van der Waals surface area contributed by atoms with Crippen molar-refractivity contribution < 1.29 is 14.4 Å². The number of carbonyl (C=O) groups excluding carboxylic acids is 3. The largest absolute Gasteiger partial charge is 0.370 e. The zero-order chi connectivity index (χ0) is 19.0. The fourth-order valence-corrected chi connectivity index (χ4v) is 3.73. The SMILES string of the molecule is C[C@H](C(=O)Nc1ccccc1N1CCCC1)N1C(=O)c2ccccc2C1=O. The van der Waals surface area contributed by atoms with Gasteiger partial charge in [-0.2, -0.15) is 0 Å². The van der Waals surface area contributed by atoms with Crippen LogP contribution in [0.3, 0.4) is 0 Å². The summed E-state index contributed by atoms with van der Waals surface area (Å²) in [6.45, 7) is 3.50. The third-order valence-electron chi connectivity index (χ3n) is 5.20. The average molecular weight is 363 g/mol. The molecule has 0 unspecified atom stereocenters. The number of hydrogen-bond acceptors (Lipinski definition) is 4. The van der Waals surface area contributed by atoms with Gasteiger partial charge in [0.25, 0.3) is 11.8 Å². The minimum Gasteiger partial charge on any atom is -0.370 e. The number of imide groups is 1. The maximum atomic E-state index is 12.8. The molecule has 6 nitrogen and oxygen atoms in total. The molecule has 1 N–H and O–H groups in total. The number of nitrogens with zero attached hydrogens (tertiary/aromatic N) is 2. The highest BCUT2D eigenvalue weighted by Crippen LogP contribution is 2.30. The molecule has 4 rings (SSSR count). The Morgan fingerprint density at radius 1 is 0.926 bits per heavy atom. The lowest BCUT2D eigenvalue weighted by atomic mass is 10.1. The number of fused-ring (bicyclic) bond motifs is 1. The molecular formula is C21H21N3O3. The first-order chi connectivity index (χ1) is 13.1. The third-order valence-corrected chi connectivity index (χ3v) is 5.20. The van der Waals surface area contributed by atoms with Gasteiger partial charge in [-0.05, 0) is 44.0 Å². The van der Waals surface area contributed by atoms with Gasteiger partial charge in [0.05, 0.1) is 22.5 Å². The second kappa shape index (κ2) is 6.87. The summed E-state index contributed by atoms with van der Waals surface area (Å²) in [6.07, 6.45) is 2.27. The van der Waals surface area contributed by atoms with E-state index in [4.69, 9.17) is 0 Å². The molecule has 2 aromatic carbocycles. The van der Waals surface area contributed by atoms with Gasteiger partial charge in [0.1, 0.15) is 6.04 Å². The lowest BCUT2D eigenvalue weighted by Crippen LogP contribution is -2.45. The van der Waals surface area contributed by atoms with E-state index in [2.05, 4.69) is 10.2 Å². The number of amides is 3. The topological polar surface area (TPSA) is 69.7 Å². The summed E-state index contributed by atoms with van der Waals surface area (Å²) in [5.41, 5.74) is 2.37. The van der Waals surface area contributed by atoms with Crippen LogP contribution >= 0.6 is 0 Å². The zero-order valence-electron chi connectivity index (χ0n) is 15.1. The van der Waals surface area contributed by atoms with Crippen LogP contribution in [0.2, 0.25) is 0 Å². The molecule has 0 aliphatic carbocycles. The Labute approximate surface area is 157 Å². The first-order valence-corrected chi connectivity index (χ1v) is 9.19. The molecule has 6 heteroatoms. The second-order valence-corrected chi connectivity index (χ2v) is 6.90. The Kier molecular flexibility index (Phi) is 4.39. The van der Waals surface area contributed by atoms with Crippen molar-refractivity contribution in [1.29, 1.82) is 0 Å². The van der Waals surface area contributed by atoms with E-state index in [1.54, 1.807) is 31.2 Å². The molecule has 2 aromatic rings. The standard InChI is InChI=1S/C21H21N3O3/c1-14(24-20(26)15-8-2-3-9-16(15)21(24)27)19(25)22-17-10-4-5-11-18(17)23-12-6-7-13-23/h2-5,8-11,14H,6-7,12-13H2,1H3,(H,22,25)/t14-/m1/s1. The molecule has 1 saturated heterocycles. The summed E-state index contributed by atoms with van der Waals surface area (Å²) >= 11 is 0. The van der Waals surface area contributed by atoms with Crippen molar-refractivity contribution in [2.75, 3.05) is 23.3 Å². The fourth-order valence-electron chi connectivity index (χ4n) is 3.73. The Bertz CT molecular complexity index is 883. The number of rotatable bonds is 4. The third kappa shape index (κ3) is 2.97. The first kappa shape index (κ1) is 17.3. The quantitative estimate of drug-likeness (QED) is 0.848. The maximum Gasteiger partial charge on any atom is 0.262 e. The van der Waals surface area contributed by atoms with E-state index in [1.165, 1.54) is 0 Å². The van der Waals surface area contributed by atoms with Gasteiger partial charge in [-0.15, -0.1) is 0 Å². The number of nitrogens with one attached hydrogen (secondary N) is 1. The Morgan fingerprint density at radius 2 is 1.48 bits per heavy atom. The van der Waals surface area contributed by atoms with E-state index in [-0.39, 0.29) is 5.91 Å². The van der Waals surface area contributed by atoms with Gasteiger partial charge >= 0.3 is 0 Å². The molecule has 0 aromatic heterocycles. The van der Waals surface area contributed by atoms with Gasteiger partial charge in [0.2, 0.25) is 5.91 Å². The van der Waals surface area contributed by atoms with Crippen molar-refractivity contribution in [2.45, 2.75) is 25.8 Å². The number of carbonyl (C=O) groups is 3. The molecule has 3 amide bonds. The van der Waals surface area contributed by atoms with Gasteiger partial charge < -0.3 is 10.2 Å². The number of para-hydroxylation sites is 2. The van der Waals surface area contributed by atoms with Crippen LogP contribution in [0.5, 0.6) is 0 Å². The van der Waals surface area contributed by atoms with Crippen LogP contribution in [0, 0.1) is 0 Å². The van der Waals surface area contributed by atoms with Gasteiger partial charge in [-0.1, -0.05) is 24.3 Å². The molecule has 2 aliphatic rings. The van der Waals surface area contributed by atoms with Gasteiger partial charge in [0, 0.05) is 13.1 Å². The minimum atomic E-state index is -0.899. The lowest BCUT2D eigenvalue weighted by molar-refractivity contribution is -0.119. The van der Waals surface area contributed by atoms with Crippen LogP contribution in [0.1, 0.15) is 40.5 Å². The van der Waals surface area contributed by atoms with Crippen molar-refractivity contribution in [3.05, 3.63) is 59.7 Å². The van der Waals surface area contributed by atoms with Crippen LogP contribution < -0.4 is 10.2 Å². The molecule has 0 saturated carbocycles. The Morgan fingerprint density at radius 3 is 2.11 bits per heavy atom. The van der Waals surface area contributed by atoms with Gasteiger partial charge in [-0.3, -0.25) is 19.3 Å². The summed E-state index contributed by atoms with van der Waals surface area (Å²) < 4.78 is 0. The molecule has 0 radical (unpaired) electrons. The zero-order valence-corrected chi connectivity index (χ0v) is 15.1. The van der Waals surface area contributed by atoms with Crippen molar-refractivity contribution in [1.82, 2.24) is 4.90 Å². The van der Waals surface area contributed by atoms with E-state index >= 15 is 0 Å². The lowest BCUT2D eigenvalue weighted by Gasteiger charge is -2.25. The second-order valence-electron chi connectivity index (χ2n) is 6.90. The van der Waals surface area contributed by atoms with E-state index in [0.717, 1.165) is 36.5 Å². The summed E-state index contributed by atoms with van der Waals surface area (Å²) in [7, 11) is 0. The van der Waals surface area contributed by atoms with E-state index < -0.39 is 17.9 Å². The summed E-state index contributed by atoms with van der Waals surface area (Å²) in [5, 5.41) is 2.91. The molecule has 138 valence electrons. The predicted molar refractivity (Wildman–Crippen MR) is 103 cm³/mol. The fraction of sp³-hybridized carbons (Fsp3) is 0.286. The average Bonchev–Trinajstić information content (AvgIpc) is 3.30. The van der Waals surface area contributed by atoms with Crippen LogP contribution in [-0.4, -0.2) is 41.8 Å². The van der Waals surface area contributed by atoms with Gasteiger partial charge in [-0.25, -0.2) is 0 Å². The summed E-state index contributed by atoms with van der Waals surface area (Å²) in [6, 6.07) is 13.4. The minimum absolute atomic E-state index is 0.347. The number of anilines is 2. The Hall–Kier alpha value is -3.15. The van der Waals surface area contributed by atoms with Crippen molar-refractivity contribution in [3.8, 4) is 0 Å². The predicted octanol–water partition coefficient (Wildman–Crippen LogP) is 2.91. The normalized spacial score (nSPS) is 17.2. The monoisotopic (exact) mass is 363 g/mol. The molecule has 27 heavy (non-hydrogen) atoms. The molecule has 0 spiro atoms. The molecule has 2 aliphatic heterocycles. The van der Waals surface area contributed by atoms with Crippen LogP contribution in [0.25, 0.3) is 0 Å². The van der Waals surface area contributed by atoms with Crippen LogP contribution in [-0.2, 0) is 4.79 Å². The van der Waals surface area contributed by atoms with E-state index in [0.29, 0.717) is 16.8 Å². The van der Waals surface area contributed by atoms with E-state index in [1.807, 2.05) is 24.3 Å².